The maximum absolute atomic E-state index is 12.3. The summed E-state index contributed by atoms with van der Waals surface area (Å²) in [5.74, 6) is 5.75. The van der Waals surface area contributed by atoms with Crippen LogP contribution >= 0.6 is 0 Å². The van der Waals surface area contributed by atoms with Crippen LogP contribution in [0, 0.1) is 11.8 Å². The van der Waals surface area contributed by atoms with E-state index in [1.807, 2.05) is 0 Å². The van der Waals surface area contributed by atoms with E-state index in [4.69, 9.17) is 15.2 Å². The van der Waals surface area contributed by atoms with Crippen LogP contribution in [-0.4, -0.2) is 35.1 Å². The van der Waals surface area contributed by atoms with Crippen molar-refractivity contribution in [2.75, 3.05) is 20.8 Å². The summed E-state index contributed by atoms with van der Waals surface area (Å²) in [6.07, 6.45) is 0. The number of carbonyl (C=O) groups excluding carboxylic acids is 1. The Balaban J connectivity index is 2.06. The van der Waals surface area contributed by atoms with Crippen LogP contribution in [0.3, 0.4) is 0 Å². The second-order valence-corrected chi connectivity index (χ2v) is 6.85. The quantitative estimate of drug-likeness (QED) is 0.737. The van der Waals surface area contributed by atoms with Crippen LogP contribution in [0.1, 0.15) is 15.9 Å². The molecule has 7 nitrogen and oxygen atoms in total. The summed E-state index contributed by atoms with van der Waals surface area (Å²) >= 11 is 0. The van der Waals surface area contributed by atoms with Gasteiger partial charge >= 0.3 is 0 Å². The van der Waals surface area contributed by atoms with Gasteiger partial charge in [0.1, 0.15) is 0 Å². The van der Waals surface area contributed by atoms with Gasteiger partial charge in [-0.05, 0) is 36.4 Å². The van der Waals surface area contributed by atoms with Crippen molar-refractivity contribution in [1.82, 2.24) is 4.72 Å². The SMILES string of the molecule is COc1ccc(S(=O)(=O)NCC#Cc2ccc(C(N)=O)cc2)cc1OC. The minimum atomic E-state index is -3.74. The van der Waals surface area contributed by atoms with Gasteiger partial charge < -0.3 is 15.2 Å². The normalized spacial score (nSPS) is 10.5. The molecule has 0 heterocycles. The van der Waals surface area contributed by atoms with Crippen molar-refractivity contribution in [3.63, 3.8) is 0 Å². The average Bonchev–Trinajstić information content (AvgIpc) is 2.65. The third-order valence-electron chi connectivity index (χ3n) is 3.42. The van der Waals surface area contributed by atoms with Gasteiger partial charge in [0.15, 0.2) is 11.5 Å². The van der Waals surface area contributed by atoms with Crippen LogP contribution in [0.5, 0.6) is 11.5 Å². The summed E-state index contributed by atoms with van der Waals surface area (Å²) in [5, 5.41) is 0. The summed E-state index contributed by atoms with van der Waals surface area (Å²) in [6.45, 7) is -0.0751. The fourth-order valence-electron chi connectivity index (χ4n) is 2.06. The molecule has 0 atom stereocenters. The first-order chi connectivity index (χ1) is 12.4. The molecule has 2 aromatic rings. The Morgan fingerprint density at radius 1 is 1.08 bits per heavy atom. The van der Waals surface area contributed by atoms with E-state index >= 15 is 0 Å². The van der Waals surface area contributed by atoms with E-state index in [0.717, 1.165) is 0 Å². The van der Waals surface area contributed by atoms with Crippen LogP contribution in [0.4, 0.5) is 0 Å². The lowest BCUT2D eigenvalue weighted by Crippen LogP contribution is -2.24. The van der Waals surface area contributed by atoms with Crippen molar-refractivity contribution in [2.45, 2.75) is 4.90 Å². The zero-order valence-electron chi connectivity index (χ0n) is 14.3. The van der Waals surface area contributed by atoms with Gasteiger partial charge in [0.2, 0.25) is 15.9 Å². The third-order valence-corrected chi connectivity index (χ3v) is 4.82. The number of hydrogen-bond acceptors (Lipinski definition) is 5. The van der Waals surface area contributed by atoms with E-state index in [2.05, 4.69) is 16.6 Å². The second kappa shape index (κ2) is 8.38. The standard InChI is InChI=1S/C18H18N2O5S/c1-24-16-10-9-15(12-17(16)25-2)26(22,23)20-11-3-4-13-5-7-14(8-6-13)18(19)21/h5-10,12,20H,11H2,1-2H3,(H2,19,21). The summed E-state index contributed by atoms with van der Waals surface area (Å²) in [4.78, 5) is 11.0. The molecule has 136 valence electrons. The lowest BCUT2D eigenvalue weighted by molar-refractivity contribution is 0.100. The summed E-state index contributed by atoms with van der Waals surface area (Å²) in [5.41, 5.74) is 6.18. The van der Waals surface area contributed by atoms with Crippen molar-refractivity contribution in [3.05, 3.63) is 53.6 Å². The Kier molecular flexibility index (Phi) is 6.22. The monoisotopic (exact) mass is 374 g/mol. The highest BCUT2D eigenvalue weighted by Crippen LogP contribution is 2.29. The smallest absolute Gasteiger partial charge is 0.248 e. The Hall–Kier alpha value is -3.02. The molecule has 0 spiro atoms. The summed E-state index contributed by atoms with van der Waals surface area (Å²) in [7, 11) is -0.844. The minimum Gasteiger partial charge on any atom is -0.493 e. The lowest BCUT2D eigenvalue weighted by Gasteiger charge is -2.10. The van der Waals surface area contributed by atoms with E-state index in [1.165, 1.54) is 32.4 Å². The number of primary amides is 1. The maximum atomic E-state index is 12.3. The molecule has 1 amide bonds. The summed E-state index contributed by atoms with van der Waals surface area (Å²) in [6, 6.07) is 10.7. The van der Waals surface area contributed by atoms with Gasteiger partial charge in [-0.2, -0.15) is 4.72 Å². The first kappa shape index (κ1) is 19.3. The molecule has 8 heteroatoms. The molecule has 0 unspecified atom stereocenters. The van der Waals surface area contributed by atoms with Crippen LogP contribution in [0.15, 0.2) is 47.4 Å². The first-order valence-electron chi connectivity index (χ1n) is 7.48. The van der Waals surface area contributed by atoms with E-state index in [1.54, 1.807) is 24.3 Å². The average molecular weight is 374 g/mol. The molecular weight excluding hydrogens is 356 g/mol. The summed E-state index contributed by atoms with van der Waals surface area (Å²) < 4.78 is 37.2. The van der Waals surface area contributed by atoms with Gasteiger partial charge in [-0.25, -0.2) is 8.42 Å². The highest BCUT2D eigenvalue weighted by atomic mass is 32.2. The van der Waals surface area contributed by atoms with Crippen LogP contribution in [-0.2, 0) is 10.0 Å². The number of ether oxygens (including phenoxy) is 2. The van der Waals surface area contributed by atoms with Crippen molar-refractivity contribution in [1.29, 1.82) is 0 Å². The van der Waals surface area contributed by atoms with Crippen molar-refractivity contribution in [3.8, 4) is 23.3 Å². The van der Waals surface area contributed by atoms with Gasteiger partial charge in [-0.15, -0.1) is 0 Å². The fraction of sp³-hybridized carbons (Fsp3) is 0.167. The van der Waals surface area contributed by atoms with Crippen molar-refractivity contribution in [2.24, 2.45) is 5.73 Å². The largest absolute Gasteiger partial charge is 0.493 e. The number of hydrogen-bond donors (Lipinski definition) is 2. The fourth-order valence-corrected chi connectivity index (χ4v) is 3.00. The first-order valence-corrected chi connectivity index (χ1v) is 8.96. The Morgan fingerprint density at radius 2 is 1.73 bits per heavy atom. The number of amides is 1. The molecule has 0 aromatic heterocycles. The molecule has 26 heavy (non-hydrogen) atoms. The topological polar surface area (TPSA) is 108 Å². The minimum absolute atomic E-state index is 0.0442. The number of nitrogens with one attached hydrogen (secondary N) is 1. The molecule has 0 fully saturated rings. The molecule has 2 rings (SSSR count). The molecule has 0 saturated heterocycles. The second-order valence-electron chi connectivity index (χ2n) is 5.08. The van der Waals surface area contributed by atoms with Gasteiger partial charge in [-0.1, -0.05) is 11.8 Å². The van der Waals surface area contributed by atoms with Gasteiger partial charge in [0.05, 0.1) is 25.7 Å². The lowest BCUT2D eigenvalue weighted by atomic mass is 10.1. The number of sulfonamides is 1. The third kappa shape index (κ3) is 4.75. The van der Waals surface area contributed by atoms with E-state index in [-0.39, 0.29) is 11.4 Å². The van der Waals surface area contributed by atoms with Crippen LogP contribution in [0.2, 0.25) is 0 Å². The maximum Gasteiger partial charge on any atom is 0.248 e. The van der Waals surface area contributed by atoms with Crippen molar-refractivity contribution < 1.29 is 22.7 Å². The van der Waals surface area contributed by atoms with Crippen LogP contribution in [0.25, 0.3) is 0 Å². The molecule has 0 aliphatic heterocycles. The Bertz CT molecular complexity index is 957. The predicted molar refractivity (Wildman–Crippen MR) is 96.6 cm³/mol. The van der Waals surface area contributed by atoms with E-state index in [0.29, 0.717) is 22.6 Å². The highest BCUT2D eigenvalue weighted by Gasteiger charge is 2.16. The number of benzene rings is 2. The molecule has 0 saturated carbocycles. The Labute approximate surface area is 152 Å². The van der Waals surface area contributed by atoms with Crippen molar-refractivity contribution >= 4 is 15.9 Å². The highest BCUT2D eigenvalue weighted by molar-refractivity contribution is 7.89. The number of methoxy groups -OCH3 is 2. The Morgan fingerprint density at radius 3 is 2.31 bits per heavy atom. The predicted octanol–water partition coefficient (Wildman–Crippen LogP) is 1.13. The van der Waals surface area contributed by atoms with E-state index < -0.39 is 15.9 Å². The van der Waals surface area contributed by atoms with Gasteiger partial charge in [0.25, 0.3) is 0 Å². The molecule has 0 aliphatic rings. The molecule has 0 aliphatic carbocycles. The zero-order valence-corrected chi connectivity index (χ0v) is 15.1. The molecular formula is C18H18N2O5S. The molecule has 3 N–H and O–H groups in total. The number of rotatable bonds is 6. The van der Waals surface area contributed by atoms with Gasteiger partial charge in [-0.3, -0.25) is 4.79 Å². The zero-order chi connectivity index (χ0) is 19.2. The van der Waals surface area contributed by atoms with Crippen LogP contribution < -0.4 is 19.9 Å². The molecule has 0 bridgehead atoms. The van der Waals surface area contributed by atoms with E-state index in [9.17, 15) is 13.2 Å². The molecule has 2 aromatic carbocycles. The number of carbonyl (C=O) groups is 1. The molecule has 0 radical (unpaired) electrons. The number of nitrogens with two attached hydrogens (primary N) is 1. The van der Waals surface area contributed by atoms with Gasteiger partial charge in [0, 0.05) is 17.2 Å².